The molecule has 7 nitrogen and oxygen atoms in total. The lowest BCUT2D eigenvalue weighted by Crippen LogP contribution is -2.52. The number of amides is 2. The summed E-state index contributed by atoms with van der Waals surface area (Å²) < 4.78 is 28.9. The minimum Gasteiger partial charge on any atom is -0.354 e. The van der Waals surface area contributed by atoms with Crippen molar-refractivity contribution in [2.45, 2.75) is 58.0 Å². The minimum atomic E-state index is -4.24. The van der Waals surface area contributed by atoms with E-state index in [9.17, 15) is 18.0 Å². The highest BCUT2D eigenvalue weighted by Gasteiger charge is 2.34. The second kappa shape index (κ2) is 14.0. The van der Waals surface area contributed by atoms with E-state index < -0.39 is 28.5 Å². The van der Waals surface area contributed by atoms with Crippen molar-refractivity contribution in [1.82, 2.24) is 10.2 Å². The number of rotatable bonds is 12. The van der Waals surface area contributed by atoms with Crippen molar-refractivity contribution < 1.29 is 18.0 Å². The van der Waals surface area contributed by atoms with Crippen LogP contribution >= 0.6 is 23.2 Å². The average Bonchev–Trinajstić information content (AvgIpc) is 2.93. The molecule has 0 aliphatic rings. The molecule has 3 aromatic rings. The van der Waals surface area contributed by atoms with Crippen LogP contribution in [0.4, 0.5) is 5.69 Å². The van der Waals surface area contributed by atoms with E-state index in [2.05, 4.69) is 5.32 Å². The van der Waals surface area contributed by atoms with Crippen molar-refractivity contribution in [3.05, 3.63) is 93.5 Å². The monoisotopic (exact) mass is 603 g/mol. The van der Waals surface area contributed by atoms with Gasteiger partial charge in [-0.2, -0.15) is 0 Å². The third kappa shape index (κ3) is 7.36. The Kier molecular flexibility index (Phi) is 11.0. The molecule has 0 aliphatic carbocycles. The standard InChI is InChI=1S/C30H35Cl2N3O4S/c1-5-18-33-30(37)26(6-2)34(19-23-11-8-7-10-22(23)4)28(36)20-35(27-13-9-12-25(31)29(27)32)40(38,39)24-16-14-21(3)15-17-24/h7-17,26H,5-6,18-20H2,1-4H3,(H,33,37). The molecule has 3 rings (SSSR count). The summed E-state index contributed by atoms with van der Waals surface area (Å²) in [5.74, 6) is -0.839. The molecular weight excluding hydrogens is 569 g/mol. The summed E-state index contributed by atoms with van der Waals surface area (Å²) in [5, 5.41) is 3.04. The van der Waals surface area contributed by atoms with Crippen molar-refractivity contribution in [2.24, 2.45) is 0 Å². The number of sulfonamides is 1. The molecule has 0 saturated heterocycles. The molecule has 1 atom stereocenters. The van der Waals surface area contributed by atoms with Crippen LogP contribution in [-0.2, 0) is 26.2 Å². The van der Waals surface area contributed by atoms with Gasteiger partial charge in [-0.05, 0) is 62.1 Å². The number of carbonyl (C=O) groups excluding carboxylic acids is 2. The van der Waals surface area contributed by atoms with Crippen LogP contribution in [0.15, 0.2) is 71.6 Å². The number of nitrogens with zero attached hydrogens (tertiary/aromatic N) is 2. The molecule has 0 aliphatic heterocycles. The van der Waals surface area contributed by atoms with Crippen LogP contribution < -0.4 is 9.62 Å². The SMILES string of the molecule is CCCNC(=O)C(CC)N(Cc1ccccc1C)C(=O)CN(c1cccc(Cl)c1Cl)S(=O)(=O)c1ccc(C)cc1. The van der Waals surface area contributed by atoms with Gasteiger partial charge in [0, 0.05) is 13.1 Å². The lowest BCUT2D eigenvalue weighted by molar-refractivity contribution is -0.140. The summed E-state index contributed by atoms with van der Waals surface area (Å²) in [6.45, 7) is 7.56. The van der Waals surface area contributed by atoms with Crippen LogP contribution in [0.2, 0.25) is 10.0 Å². The number of hydrogen-bond acceptors (Lipinski definition) is 4. The summed E-state index contributed by atoms with van der Waals surface area (Å²) >= 11 is 12.8. The van der Waals surface area contributed by atoms with E-state index in [4.69, 9.17) is 23.2 Å². The van der Waals surface area contributed by atoms with Crippen molar-refractivity contribution in [3.63, 3.8) is 0 Å². The van der Waals surface area contributed by atoms with E-state index in [1.54, 1.807) is 24.3 Å². The Morgan fingerprint density at radius 3 is 2.23 bits per heavy atom. The highest BCUT2D eigenvalue weighted by molar-refractivity contribution is 7.92. The first-order valence-corrected chi connectivity index (χ1v) is 15.4. The molecule has 40 heavy (non-hydrogen) atoms. The first-order valence-electron chi connectivity index (χ1n) is 13.2. The molecule has 1 N–H and O–H groups in total. The number of carbonyl (C=O) groups is 2. The van der Waals surface area contributed by atoms with Gasteiger partial charge in [-0.15, -0.1) is 0 Å². The Bertz CT molecular complexity index is 1450. The predicted molar refractivity (Wildman–Crippen MR) is 161 cm³/mol. The molecule has 10 heteroatoms. The maximum absolute atomic E-state index is 14.1. The van der Waals surface area contributed by atoms with Gasteiger partial charge in [0.05, 0.1) is 20.6 Å². The van der Waals surface area contributed by atoms with Gasteiger partial charge in [0.1, 0.15) is 12.6 Å². The summed E-state index contributed by atoms with van der Waals surface area (Å²) in [6.07, 6.45) is 1.08. The number of nitrogens with one attached hydrogen (secondary N) is 1. The van der Waals surface area contributed by atoms with Gasteiger partial charge in [-0.1, -0.05) is 85.1 Å². The first-order chi connectivity index (χ1) is 19.0. The fourth-order valence-corrected chi connectivity index (χ4v) is 6.17. The largest absolute Gasteiger partial charge is 0.354 e. The molecule has 0 bridgehead atoms. The van der Waals surface area contributed by atoms with E-state index in [1.807, 2.05) is 52.0 Å². The van der Waals surface area contributed by atoms with Crippen LogP contribution in [0, 0.1) is 13.8 Å². The molecule has 2 amide bonds. The molecule has 214 valence electrons. The van der Waals surface area contributed by atoms with Gasteiger partial charge >= 0.3 is 0 Å². The van der Waals surface area contributed by atoms with E-state index in [1.165, 1.54) is 23.1 Å². The molecule has 1 unspecified atom stereocenters. The normalized spacial score (nSPS) is 12.1. The molecule has 0 radical (unpaired) electrons. The summed E-state index contributed by atoms with van der Waals surface area (Å²) in [7, 11) is -4.24. The molecular formula is C30H35Cl2N3O4S. The Morgan fingerprint density at radius 2 is 1.60 bits per heavy atom. The summed E-state index contributed by atoms with van der Waals surface area (Å²) in [4.78, 5) is 28.7. The fraction of sp³-hybridized carbons (Fsp3) is 0.333. The Balaban J connectivity index is 2.11. The maximum Gasteiger partial charge on any atom is 0.264 e. The highest BCUT2D eigenvalue weighted by Crippen LogP contribution is 2.35. The van der Waals surface area contributed by atoms with E-state index in [0.29, 0.717) is 13.0 Å². The minimum absolute atomic E-state index is 0.000117. The quantitative estimate of drug-likeness (QED) is 0.269. The third-order valence-electron chi connectivity index (χ3n) is 6.62. The van der Waals surface area contributed by atoms with Gasteiger partial charge in [-0.25, -0.2) is 8.42 Å². The van der Waals surface area contributed by atoms with Gasteiger partial charge < -0.3 is 10.2 Å². The van der Waals surface area contributed by atoms with Crippen molar-refractivity contribution in [1.29, 1.82) is 0 Å². The molecule has 0 spiro atoms. The smallest absolute Gasteiger partial charge is 0.264 e. The van der Waals surface area contributed by atoms with Gasteiger partial charge in [0.2, 0.25) is 11.8 Å². The first kappa shape index (κ1) is 31.5. The molecule has 0 heterocycles. The van der Waals surface area contributed by atoms with Gasteiger partial charge in [0.15, 0.2) is 0 Å². The maximum atomic E-state index is 14.1. The fourth-order valence-electron chi connectivity index (χ4n) is 4.29. The topological polar surface area (TPSA) is 86.8 Å². The second-order valence-corrected chi connectivity index (χ2v) is 12.2. The lowest BCUT2D eigenvalue weighted by atomic mass is 10.1. The Hall–Kier alpha value is -3.07. The van der Waals surface area contributed by atoms with Crippen LogP contribution in [-0.4, -0.2) is 44.3 Å². The summed E-state index contributed by atoms with van der Waals surface area (Å²) in [6, 6.07) is 17.7. The van der Waals surface area contributed by atoms with E-state index in [-0.39, 0.29) is 33.1 Å². The Labute approximate surface area is 247 Å². The number of halogens is 2. The summed E-state index contributed by atoms with van der Waals surface area (Å²) in [5.41, 5.74) is 2.76. The molecule has 3 aromatic carbocycles. The predicted octanol–water partition coefficient (Wildman–Crippen LogP) is 6.14. The number of aryl methyl sites for hydroxylation is 2. The van der Waals surface area contributed by atoms with Crippen molar-refractivity contribution in [2.75, 3.05) is 17.4 Å². The molecule has 0 saturated carbocycles. The third-order valence-corrected chi connectivity index (χ3v) is 9.21. The lowest BCUT2D eigenvalue weighted by Gasteiger charge is -2.33. The molecule has 0 aromatic heterocycles. The van der Waals surface area contributed by atoms with Gasteiger partial charge in [0.25, 0.3) is 10.0 Å². The van der Waals surface area contributed by atoms with E-state index >= 15 is 0 Å². The van der Waals surface area contributed by atoms with Crippen LogP contribution in [0.1, 0.15) is 43.4 Å². The number of benzene rings is 3. The number of anilines is 1. The average molecular weight is 605 g/mol. The van der Waals surface area contributed by atoms with Crippen LogP contribution in [0.25, 0.3) is 0 Å². The van der Waals surface area contributed by atoms with Crippen LogP contribution in [0.5, 0.6) is 0 Å². The van der Waals surface area contributed by atoms with Crippen molar-refractivity contribution >= 4 is 50.7 Å². The van der Waals surface area contributed by atoms with Crippen molar-refractivity contribution in [3.8, 4) is 0 Å². The van der Waals surface area contributed by atoms with Crippen LogP contribution in [0.3, 0.4) is 0 Å². The van der Waals surface area contributed by atoms with Gasteiger partial charge in [-0.3, -0.25) is 13.9 Å². The zero-order valence-electron chi connectivity index (χ0n) is 23.2. The highest BCUT2D eigenvalue weighted by atomic mass is 35.5. The molecule has 0 fully saturated rings. The zero-order valence-corrected chi connectivity index (χ0v) is 25.5. The second-order valence-electron chi connectivity index (χ2n) is 9.56. The zero-order chi connectivity index (χ0) is 29.4. The Morgan fingerprint density at radius 1 is 0.925 bits per heavy atom. The van der Waals surface area contributed by atoms with E-state index in [0.717, 1.165) is 27.4 Å². The number of hydrogen-bond donors (Lipinski definition) is 1.